The van der Waals surface area contributed by atoms with Crippen molar-refractivity contribution in [1.29, 1.82) is 0 Å². The van der Waals surface area contributed by atoms with Gasteiger partial charge in [-0.1, -0.05) is 0 Å². The summed E-state index contributed by atoms with van der Waals surface area (Å²) in [7, 11) is 0. The molecular weight excluding hydrogens is 308 g/mol. The Bertz CT molecular complexity index is 328. The van der Waals surface area contributed by atoms with Crippen LogP contribution >= 0.6 is 0 Å². The van der Waals surface area contributed by atoms with Gasteiger partial charge in [-0.3, -0.25) is 9.59 Å². The lowest BCUT2D eigenvalue weighted by Crippen LogP contribution is -2.38. The van der Waals surface area contributed by atoms with E-state index in [4.69, 9.17) is 35.9 Å². The minimum absolute atomic E-state index is 0.251. The number of hydrogen-bond acceptors (Lipinski definition) is 7. The lowest BCUT2D eigenvalue weighted by molar-refractivity contribution is -0.149. The van der Waals surface area contributed by atoms with E-state index in [1.807, 2.05) is 0 Å². The lowest BCUT2D eigenvalue weighted by atomic mass is 9.95. The van der Waals surface area contributed by atoms with Crippen molar-refractivity contribution in [2.75, 3.05) is 46.2 Å². The third kappa shape index (κ3) is 12.9. The molecule has 23 heavy (non-hydrogen) atoms. The van der Waals surface area contributed by atoms with Crippen LogP contribution in [0, 0.1) is 5.92 Å². The van der Waals surface area contributed by atoms with E-state index in [0.29, 0.717) is 39.6 Å². The molecule has 2 unspecified atom stereocenters. The number of carboxylic acids is 2. The zero-order chi connectivity index (χ0) is 17.5. The molecule has 0 saturated carbocycles. The maximum atomic E-state index is 11.0. The topological polar surface area (TPSA) is 154 Å². The summed E-state index contributed by atoms with van der Waals surface area (Å²) < 4.78 is 15.8. The first-order valence-electron chi connectivity index (χ1n) is 7.62. The van der Waals surface area contributed by atoms with Gasteiger partial charge in [0.05, 0.1) is 38.8 Å². The lowest BCUT2D eigenvalue weighted by Gasteiger charge is -2.18. The van der Waals surface area contributed by atoms with E-state index in [-0.39, 0.29) is 13.0 Å². The van der Waals surface area contributed by atoms with E-state index in [2.05, 4.69) is 0 Å². The number of nitrogens with two attached hydrogens (primary N) is 2. The molecular formula is C14H28N2O7. The zero-order valence-corrected chi connectivity index (χ0v) is 13.3. The van der Waals surface area contributed by atoms with Crippen molar-refractivity contribution in [1.82, 2.24) is 0 Å². The highest BCUT2D eigenvalue weighted by molar-refractivity contribution is 5.78. The molecule has 0 aromatic rings. The highest BCUT2D eigenvalue weighted by Crippen LogP contribution is 2.11. The van der Waals surface area contributed by atoms with Gasteiger partial charge in [0.15, 0.2) is 0 Å². The molecule has 0 aliphatic rings. The Labute approximate surface area is 135 Å². The average Bonchev–Trinajstić information content (AvgIpc) is 2.49. The second kappa shape index (κ2) is 14.3. The van der Waals surface area contributed by atoms with Crippen molar-refractivity contribution in [2.45, 2.75) is 25.3 Å². The molecule has 9 heteroatoms. The monoisotopic (exact) mass is 336 g/mol. The van der Waals surface area contributed by atoms with Gasteiger partial charge in [0.2, 0.25) is 0 Å². The molecule has 0 aliphatic heterocycles. The van der Waals surface area contributed by atoms with Crippen molar-refractivity contribution < 1.29 is 34.0 Å². The van der Waals surface area contributed by atoms with Crippen LogP contribution in [0.25, 0.3) is 0 Å². The summed E-state index contributed by atoms with van der Waals surface area (Å²) in [5.74, 6) is -3.51. The fraction of sp³-hybridized carbons (Fsp3) is 0.857. The summed E-state index contributed by atoms with van der Waals surface area (Å²) >= 11 is 0. The van der Waals surface area contributed by atoms with Crippen LogP contribution in [0.5, 0.6) is 0 Å². The minimum atomic E-state index is -1.21. The standard InChI is InChI=1S/C14H28N2O7/c15-3-1-4-21-6-8-23-9-7-22-5-2-12(16)11(14(19)20)10-13(17)18/h11-12H,1-10,15-16H2,(H,17,18)(H,19,20). The first-order valence-corrected chi connectivity index (χ1v) is 7.62. The molecule has 2 atom stereocenters. The molecule has 9 nitrogen and oxygen atoms in total. The van der Waals surface area contributed by atoms with Crippen molar-refractivity contribution in [3.63, 3.8) is 0 Å². The molecule has 0 radical (unpaired) electrons. The largest absolute Gasteiger partial charge is 0.481 e. The number of carboxylic acid groups (broad SMARTS) is 2. The van der Waals surface area contributed by atoms with Crippen molar-refractivity contribution in [2.24, 2.45) is 17.4 Å². The first-order chi connectivity index (χ1) is 11.0. The Hall–Kier alpha value is -1.26. The summed E-state index contributed by atoms with van der Waals surface area (Å²) in [5.41, 5.74) is 11.0. The fourth-order valence-electron chi connectivity index (χ4n) is 1.76. The van der Waals surface area contributed by atoms with Gasteiger partial charge in [0.1, 0.15) is 0 Å². The second-order valence-electron chi connectivity index (χ2n) is 4.97. The molecule has 136 valence electrons. The smallest absolute Gasteiger partial charge is 0.308 e. The van der Waals surface area contributed by atoms with Crippen molar-refractivity contribution in [3.05, 3.63) is 0 Å². The SMILES string of the molecule is NCCCOCCOCCOCCC(N)C(CC(=O)O)C(=O)O. The highest BCUT2D eigenvalue weighted by atomic mass is 16.5. The van der Waals surface area contributed by atoms with Crippen LogP contribution in [0.2, 0.25) is 0 Å². The van der Waals surface area contributed by atoms with Crippen LogP contribution in [0.4, 0.5) is 0 Å². The number of hydrogen-bond donors (Lipinski definition) is 4. The maximum Gasteiger partial charge on any atom is 0.308 e. The Kier molecular flexibility index (Phi) is 13.6. The van der Waals surface area contributed by atoms with E-state index in [1.54, 1.807) is 0 Å². The van der Waals surface area contributed by atoms with Crippen molar-refractivity contribution >= 4 is 11.9 Å². The maximum absolute atomic E-state index is 11.0. The van der Waals surface area contributed by atoms with E-state index in [9.17, 15) is 9.59 Å². The molecule has 0 aromatic heterocycles. The van der Waals surface area contributed by atoms with E-state index < -0.39 is 30.3 Å². The predicted molar refractivity (Wildman–Crippen MR) is 82.1 cm³/mol. The number of carbonyl (C=O) groups is 2. The van der Waals surface area contributed by atoms with Gasteiger partial charge in [-0.15, -0.1) is 0 Å². The Morgan fingerprint density at radius 3 is 1.91 bits per heavy atom. The first kappa shape index (κ1) is 21.7. The number of ether oxygens (including phenoxy) is 3. The zero-order valence-electron chi connectivity index (χ0n) is 13.3. The summed E-state index contributed by atoms with van der Waals surface area (Å²) in [5, 5.41) is 17.6. The van der Waals surface area contributed by atoms with Crippen LogP contribution < -0.4 is 11.5 Å². The number of aliphatic carboxylic acids is 2. The summed E-state index contributed by atoms with van der Waals surface area (Å²) in [6.45, 7) is 3.19. The van der Waals surface area contributed by atoms with Gasteiger partial charge < -0.3 is 35.9 Å². The summed E-state index contributed by atoms with van der Waals surface area (Å²) in [4.78, 5) is 21.6. The third-order valence-electron chi connectivity index (χ3n) is 3.06. The molecule has 0 fully saturated rings. The van der Waals surface area contributed by atoms with Gasteiger partial charge in [-0.05, 0) is 19.4 Å². The molecule has 6 N–H and O–H groups in total. The second-order valence-corrected chi connectivity index (χ2v) is 4.97. The molecule has 0 aromatic carbocycles. The number of rotatable bonds is 16. The van der Waals surface area contributed by atoms with Crippen LogP contribution in [0.15, 0.2) is 0 Å². The molecule has 0 bridgehead atoms. The highest BCUT2D eigenvalue weighted by Gasteiger charge is 2.27. The van der Waals surface area contributed by atoms with Crippen LogP contribution in [-0.2, 0) is 23.8 Å². The van der Waals surface area contributed by atoms with E-state index in [0.717, 1.165) is 6.42 Å². The van der Waals surface area contributed by atoms with Crippen LogP contribution in [-0.4, -0.2) is 74.4 Å². The van der Waals surface area contributed by atoms with Crippen LogP contribution in [0.3, 0.4) is 0 Å². The summed E-state index contributed by atoms with van der Waals surface area (Å²) in [6, 6.07) is -0.763. The van der Waals surface area contributed by atoms with Gasteiger partial charge in [-0.25, -0.2) is 0 Å². The molecule has 0 aliphatic carbocycles. The Morgan fingerprint density at radius 2 is 1.43 bits per heavy atom. The molecule has 0 rings (SSSR count). The third-order valence-corrected chi connectivity index (χ3v) is 3.06. The van der Waals surface area contributed by atoms with E-state index in [1.165, 1.54) is 0 Å². The summed E-state index contributed by atoms with van der Waals surface area (Å²) in [6.07, 6.45) is 0.596. The molecule has 0 heterocycles. The Morgan fingerprint density at radius 1 is 0.913 bits per heavy atom. The quantitative estimate of drug-likeness (QED) is 0.267. The molecule has 0 saturated heterocycles. The van der Waals surface area contributed by atoms with Crippen LogP contribution in [0.1, 0.15) is 19.3 Å². The van der Waals surface area contributed by atoms with Gasteiger partial charge in [0, 0.05) is 19.3 Å². The normalized spacial score (nSPS) is 13.7. The predicted octanol–water partition coefficient (Wildman–Crippen LogP) is -0.722. The van der Waals surface area contributed by atoms with Gasteiger partial charge in [-0.2, -0.15) is 0 Å². The minimum Gasteiger partial charge on any atom is -0.481 e. The van der Waals surface area contributed by atoms with Gasteiger partial charge in [0.25, 0.3) is 0 Å². The molecule has 0 spiro atoms. The van der Waals surface area contributed by atoms with Crippen molar-refractivity contribution in [3.8, 4) is 0 Å². The van der Waals surface area contributed by atoms with Gasteiger partial charge >= 0.3 is 11.9 Å². The molecule has 0 amide bonds. The fourth-order valence-corrected chi connectivity index (χ4v) is 1.76. The average molecular weight is 336 g/mol. The Balaban J connectivity index is 3.55. The van der Waals surface area contributed by atoms with E-state index >= 15 is 0 Å².